The third kappa shape index (κ3) is 6.84. The molecule has 0 bridgehead atoms. The van der Waals surface area contributed by atoms with Crippen LogP contribution >= 0.6 is 23.4 Å². The normalized spacial score (nSPS) is 12.8. The number of aromatic nitrogens is 1. The molecule has 0 aliphatic rings. The van der Waals surface area contributed by atoms with E-state index in [1.54, 1.807) is 11.8 Å². The van der Waals surface area contributed by atoms with E-state index in [2.05, 4.69) is 10.3 Å². The van der Waals surface area contributed by atoms with Crippen molar-refractivity contribution in [1.82, 2.24) is 10.3 Å². The fourth-order valence-corrected chi connectivity index (χ4v) is 2.23. The lowest BCUT2D eigenvalue weighted by Crippen LogP contribution is -2.42. The number of hydrogen-bond acceptors (Lipinski definition) is 5. The molecule has 0 fully saturated rings. The van der Waals surface area contributed by atoms with Crippen molar-refractivity contribution >= 4 is 29.3 Å². The van der Waals surface area contributed by atoms with Gasteiger partial charge in [-0.2, -0.15) is 24.9 Å². The maximum atomic E-state index is 12.5. The highest BCUT2D eigenvalue weighted by Gasteiger charge is 2.31. The van der Waals surface area contributed by atoms with Crippen LogP contribution in [0.5, 0.6) is 5.88 Å². The Kier molecular flexibility index (Phi) is 7.93. The summed E-state index contributed by atoms with van der Waals surface area (Å²) in [6, 6.07) is 0.135. The minimum atomic E-state index is -4.52. The minimum absolute atomic E-state index is 0.0130. The van der Waals surface area contributed by atoms with Gasteiger partial charge in [0.2, 0.25) is 11.8 Å². The molecule has 1 rings (SSSR count). The molecule has 23 heavy (non-hydrogen) atoms. The van der Waals surface area contributed by atoms with Gasteiger partial charge in [0.05, 0.1) is 18.2 Å². The van der Waals surface area contributed by atoms with Gasteiger partial charge in [-0.3, -0.25) is 4.79 Å². The summed E-state index contributed by atoms with van der Waals surface area (Å²) in [5, 5.41) is 2.32. The number of rotatable bonds is 8. The Labute approximate surface area is 141 Å². The van der Waals surface area contributed by atoms with Gasteiger partial charge in [0.15, 0.2) is 0 Å². The van der Waals surface area contributed by atoms with E-state index in [0.29, 0.717) is 12.6 Å². The predicted molar refractivity (Wildman–Crippen MR) is 83.7 cm³/mol. The average Bonchev–Trinajstić information content (AvgIpc) is 2.49. The number of ether oxygens (including phenoxy) is 1. The zero-order chi connectivity index (χ0) is 17.5. The number of thioether (sulfide) groups is 1. The SMILES string of the molecule is CSCC[C@H](N)C(=O)NCCOc1ncc(C(F)(F)F)cc1Cl. The number of alkyl halides is 3. The molecule has 1 amide bonds. The molecule has 0 aliphatic carbocycles. The van der Waals surface area contributed by atoms with Crippen LogP contribution in [0.2, 0.25) is 5.02 Å². The number of carbonyl (C=O) groups excluding carboxylic acids is 1. The Balaban J connectivity index is 2.40. The molecule has 1 atom stereocenters. The maximum absolute atomic E-state index is 12.5. The van der Waals surface area contributed by atoms with Crippen LogP contribution in [0.4, 0.5) is 13.2 Å². The molecule has 10 heteroatoms. The van der Waals surface area contributed by atoms with Crippen molar-refractivity contribution in [2.75, 3.05) is 25.2 Å². The first-order chi connectivity index (χ1) is 10.8. The van der Waals surface area contributed by atoms with Crippen LogP contribution < -0.4 is 15.8 Å². The van der Waals surface area contributed by atoms with Crippen LogP contribution in [0.1, 0.15) is 12.0 Å². The average molecular weight is 372 g/mol. The Morgan fingerprint density at radius 2 is 2.26 bits per heavy atom. The highest BCUT2D eigenvalue weighted by molar-refractivity contribution is 7.98. The highest BCUT2D eigenvalue weighted by Crippen LogP contribution is 2.32. The fourth-order valence-electron chi connectivity index (χ4n) is 1.52. The largest absolute Gasteiger partial charge is 0.475 e. The summed E-state index contributed by atoms with van der Waals surface area (Å²) >= 11 is 7.28. The van der Waals surface area contributed by atoms with Gasteiger partial charge in [-0.05, 0) is 24.5 Å². The Morgan fingerprint density at radius 1 is 1.57 bits per heavy atom. The number of halogens is 4. The van der Waals surface area contributed by atoms with Crippen molar-refractivity contribution in [3.05, 3.63) is 22.8 Å². The zero-order valence-corrected chi connectivity index (χ0v) is 13.9. The summed E-state index contributed by atoms with van der Waals surface area (Å²) in [6.07, 6.45) is -1.41. The fraction of sp³-hybridized carbons (Fsp3) is 0.538. The molecule has 130 valence electrons. The van der Waals surface area contributed by atoms with E-state index in [0.717, 1.165) is 11.8 Å². The second-order valence-corrected chi connectivity index (χ2v) is 5.93. The second kappa shape index (κ2) is 9.19. The first-order valence-electron chi connectivity index (χ1n) is 6.63. The number of hydrogen-bond donors (Lipinski definition) is 2. The number of nitrogens with two attached hydrogens (primary N) is 1. The van der Waals surface area contributed by atoms with Crippen molar-refractivity contribution < 1.29 is 22.7 Å². The van der Waals surface area contributed by atoms with Gasteiger partial charge < -0.3 is 15.8 Å². The van der Waals surface area contributed by atoms with Crippen LogP contribution in [0.25, 0.3) is 0 Å². The van der Waals surface area contributed by atoms with Crippen molar-refractivity contribution in [3.8, 4) is 5.88 Å². The Bertz CT molecular complexity index is 532. The maximum Gasteiger partial charge on any atom is 0.417 e. The first-order valence-corrected chi connectivity index (χ1v) is 8.40. The van der Waals surface area contributed by atoms with Crippen LogP contribution in [0.15, 0.2) is 12.3 Å². The number of pyridine rings is 1. The lowest BCUT2D eigenvalue weighted by atomic mass is 10.2. The number of carbonyl (C=O) groups is 1. The predicted octanol–water partition coefficient (Wildman–Crippen LogP) is 2.33. The summed E-state index contributed by atoms with van der Waals surface area (Å²) in [5.74, 6) is 0.339. The van der Waals surface area contributed by atoms with Gasteiger partial charge in [-0.15, -0.1) is 0 Å². The van der Waals surface area contributed by atoms with E-state index in [9.17, 15) is 18.0 Å². The van der Waals surface area contributed by atoms with Crippen molar-refractivity contribution in [2.45, 2.75) is 18.6 Å². The van der Waals surface area contributed by atoms with Crippen LogP contribution in [-0.4, -0.2) is 42.1 Å². The van der Waals surface area contributed by atoms with E-state index in [4.69, 9.17) is 22.1 Å². The molecule has 0 aliphatic heterocycles. The molecule has 5 nitrogen and oxygen atoms in total. The molecule has 1 aromatic rings. The Hall–Kier alpha value is -1.19. The monoisotopic (exact) mass is 371 g/mol. The second-order valence-electron chi connectivity index (χ2n) is 4.54. The molecule has 1 aromatic heterocycles. The molecule has 3 N–H and O–H groups in total. The van der Waals surface area contributed by atoms with Crippen LogP contribution in [-0.2, 0) is 11.0 Å². The lowest BCUT2D eigenvalue weighted by molar-refractivity contribution is -0.137. The van der Waals surface area contributed by atoms with E-state index >= 15 is 0 Å². The zero-order valence-electron chi connectivity index (χ0n) is 12.3. The molecule has 0 unspecified atom stereocenters. The number of nitrogens with zero attached hydrogens (tertiary/aromatic N) is 1. The van der Waals surface area contributed by atoms with Gasteiger partial charge in [-0.25, -0.2) is 4.98 Å². The summed E-state index contributed by atoms with van der Waals surface area (Å²) in [4.78, 5) is 15.1. The third-order valence-electron chi connectivity index (χ3n) is 2.74. The number of nitrogens with one attached hydrogen (secondary N) is 1. The van der Waals surface area contributed by atoms with Gasteiger partial charge in [0.1, 0.15) is 11.6 Å². The van der Waals surface area contributed by atoms with E-state index < -0.39 is 17.8 Å². The van der Waals surface area contributed by atoms with E-state index in [1.807, 2.05) is 6.26 Å². The van der Waals surface area contributed by atoms with Gasteiger partial charge >= 0.3 is 6.18 Å². The number of amides is 1. The molecule has 0 saturated heterocycles. The molecular weight excluding hydrogens is 355 g/mol. The van der Waals surface area contributed by atoms with Crippen LogP contribution in [0, 0.1) is 0 Å². The molecule has 0 aromatic carbocycles. The van der Waals surface area contributed by atoms with Crippen molar-refractivity contribution in [2.24, 2.45) is 5.73 Å². The summed E-state index contributed by atoms with van der Waals surface area (Å²) < 4.78 is 42.5. The van der Waals surface area contributed by atoms with Gasteiger partial charge in [-0.1, -0.05) is 11.6 Å². The van der Waals surface area contributed by atoms with Crippen molar-refractivity contribution in [1.29, 1.82) is 0 Å². The topological polar surface area (TPSA) is 77.2 Å². The van der Waals surface area contributed by atoms with Crippen LogP contribution in [0.3, 0.4) is 0 Å². The van der Waals surface area contributed by atoms with Crippen molar-refractivity contribution in [3.63, 3.8) is 0 Å². The molecule has 0 saturated carbocycles. The summed E-state index contributed by atoms with van der Waals surface area (Å²) in [5.41, 5.74) is 4.72. The minimum Gasteiger partial charge on any atom is -0.475 e. The Morgan fingerprint density at radius 3 is 2.83 bits per heavy atom. The molecule has 1 heterocycles. The smallest absolute Gasteiger partial charge is 0.417 e. The lowest BCUT2D eigenvalue weighted by Gasteiger charge is -2.13. The third-order valence-corrected chi connectivity index (χ3v) is 3.66. The molecule has 0 radical (unpaired) electrons. The molecule has 0 spiro atoms. The standard InChI is InChI=1S/C13H17ClF3N3O2S/c1-23-5-2-10(18)11(21)19-3-4-22-12-9(14)6-8(7-20-12)13(15,16)17/h6-7,10H,2-5,18H2,1H3,(H,19,21)/t10-/m0/s1. The van der Waals surface area contributed by atoms with E-state index in [1.165, 1.54) is 0 Å². The summed E-state index contributed by atoms with van der Waals surface area (Å²) in [7, 11) is 0. The van der Waals surface area contributed by atoms with Gasteiger partial charge in [0.25, 0.3) is 0 Å². The summed E-state index contributed by atoms with van der Waals surface area (Å²) in [6.45, 7) is 0.157. The van der Waals surface area contributed by atoms with E-state index in [-0.39, 0.29) is 30.0 Å². The quantitative estimate of drug-likeness (QED) is 0.686. The molecular formula is C13H17ClF3N3O2S. The van der Waals surface area contributed by atoms with Gasteiger partial charge in [0, 0.05) is 6.20 Å². The highest BCUT2D eigenvalue weighted by atomic mass is 35.5. The first kappa shape index (κ1) is 19.9.